The zero-order valence-electron chi connectivity index (χ0n) is 13.9. The summed E-state index contributed by atoms with van der Waals surface area (Å²) in [7, 11) is 0. The van der Waals surface area contributed by atoms with Gasteiger partial charge in [0.2, 0.25) is 0 Å². The van der Waals surface area contributed by atoms with Crippen LogP contribution < -0.4 is 11.0 Å². The van der Waals surface area contributed by atoms with Crippen LogP contribution in [-0.4, -0.2) is 26.1 Å². The van der Waals surface area contributed by atoms with Crippen molar-refractivity contribution in [3.63, 3.8) is 0 Å². The molecule has 0 unspecified atom stereocenters. The van der Waals surface area contributed by atoms with Crippen molar-refractivity contribution >= 4 is 16.9 Å². The molecule has 1 amide bonds. The molecule has 1 aromatic carbocycles. The Morgan fingerprint density at radius 2 is 1.96 bits per heavy atom. The van der Waals surface area contributed by atoms with Gasteiger partial charge in [-0.25, -0.2) is 4.79 Å². The lowest BCUT2D eigenvalue weighted by atomic mass is 9.85. The van der Waals surface area contributed by atoms with E-state index in [2.05, 4.69) is 25.5 Å². The molecule has 0 atom stereocenters. The van der Waals surface area contributed by atoms with Crippen LogP contribution in [0.5, 0.6) is 0 Å². The Balaban J connectivity index is 1.46. The Hall–Kier alpha value is -2.83. The third kappa shape index (κ3) is 3.22. The molecule has 0 bridgehead atoms. The number of imidazole rings is 1. The standard InChI is InChI=1S/C18H21N5O2/c24-17(13-10-20-23-16(13)12-4-2-1-3-5-12)19-9-11-6-7-14-15(8-11)22-18(25)21-14/h6-8,10,12H,1-5,9H2,(H,19,24)(H,20,23)(H2,21,22,25). The first-order chi connectivity index (χ1) is 12.2. The summed E-state index contributed by atoms with van der Waals surface area (Å²) in [6, 6.07) is 5.59. The molecule has 2 heterocycles. The Labute approximate surface area is 144 Å². The van der Waals surface area contributed by atoms with Gasteiger partial charge < -0.3 is 15.3 Å². The monoisotopic (exact) mass is 339 g/mol. The van der Waals surface area contributed by atoms with E-state index in [4.69, 9.17) is 0 Å². The van der Waals surface area contributed by atoms with Crippen LogP contribution in [-0.2, 0) is 6.54 Å². The second-order valence-electron chi connectivity index (χ2n) is 6.67. The minimum atomic E-state index is -0.230. The third-order valence-corrected chi connectivity index (χ3v) is 4.96. The smallest absolute Gasteiger partial charge is 0.323 e. The quantitative estimate of drug-likeness (QED) is 0.587. The molecule has 7 nitrogen and oxygen atoms in total. The summed E-state index contributed by atoms with van der Waals surface area (Å²) in [6.07, 6.45) is 7.53. The van der Waals surface area contributed by atoms with Gasteiger partial charge in [0.05, 0.1) is 28.5 Å². The molecule has 1 saturated carbocycles. The highest BCUT2D eigenvalue weighted by molar-refractivity contribution is 5.95. The molecule has 3 aromatic rings. The molecule has 1 aliphatic carbocycles. The first kappa shape index (κ1) is 15.7. The van der Waals surface area contributed by atoms with Crippen molar-refractivity contribution in [2.24, 2.45) is 0 Å². The van der Waals surface area contributed by atoms with Gasteiger partial charge in [-0.3, -0.25) is 9.89 Å². The van der Waals surface area contributed by atoms with Crippen LogP contribution in [0.2, 0.25) is 0 Å². The largest absolute Gasteiger partial charge is 0.348 e. The Bertz CT molecular complexity index is 946. The van der Waals surface area contributed by atoms with Crippen molar-refractivity contribution in [2.45, 2.75) is 44.6 Å². The lowest BCUT2D eigenvalue weighted by Gasteiger charge is -2.21. The van der Waals surface area contributed by atoms with Crippen LogP contribution in [0.3, 0.4) is 0 Å². The van der Waals surface area contributed by atoms with E-state index in [1.165, 1.54) is 19.3 Å². The molecular weight excluding hydrogens is 318 g/mol. The van der Waals surface area contributed by atoms with E-state index < -0.39 is 0 Å². The number of aromatic nitrogens is 4. The summed E-state index contributed by atoms with van der Waals surface area (Å²) >= 11 is 0. The molecule has 2 aromatic heterocycles. The molecule has 4 rings (SSSR count). The first-order valence-electron chi connectivity index (χ1n) is 8.73. The molecule has 0 radical (unpaired) electrons. The highest BCUT2D eigenvalue weighted by Gasteiger charge is 2.23. The van der Waals surface area contributed by atoms with Crippen LogP contribution in [0.1, 0.15) is 59.6 Å². The van der Waals surface area contributed by atoms with Crippen LogP contribution in [0.4, 0.5) is 0 Å². The van der Waals surface area contributed by atoms with E-state index in [-0.39, 0.29) is 11.6 Å². The molecule has 0 saturated heterocycles. The zero-order valence-corrected chi connectivity index (χ0v) is 13.9. The number of aromatic amines is 3. The van der Waals surface area contributed by atoms with Crippen LogP contribution in [0.15, 0.2) is 29.2 Å². The summed E-state index contributed by atoms with van der Waals surface area (Å²) in [4.78, 5) is 29.3. The summed E-state index contributed by atoms with van der Waals surface area (Å²) < 4.78 is 0. The lowest BCUT2D eigenvalue weighted by molar-refractivity contribution is 0.0949. The normalized spacial score (nSPS) is 15.5. The topological polar surface area (TPSA) is 106 Å². The van der Waals surface area contributed by atoms with Crippen LogP contribution >= 0.6 is 0 Å². The van der Waals surface area contributed by atoms with Crippen molar-refractivity contribution in [3.8, 4) is 0 Å². The molecular formula is C18H21N5O2. The van der Waals surface area contributed by atoms with Crippen molar-refractivity contribution in [1.29, 1.82) is 0 Å². The predicted octanol–water partition coefficient (Wildman–Crippen LogP) is 2.56. The van der Waals surface area contributed by atoms with Crippen LogP contribution in [0.25, 0.3) is 11.0 Å². The number of nitrogens with zero attached hydrogens (tertiary/aromatic N) is 1. The summed E-state index contributed by atoms with van der Waals surface area (Å²) in [5.41, 5.74) is 3.80. The average Bonchev–Trinajstić information content (AvgIpc) is 3.25. The molecule has 4 N–H and O–H groups in total. The second-order valence-corrected chi connectivity index (χ2v) is 6.67. The van der Waals surface area contributed by atoms with Gasteiger partial charge in [0.1, 0.15) is 0 Å². The van der Waals surface area contributed by atoms with E-state index in [0.29, 0.717) is 18.0 Å². The summed E-state index contributed by atoms with van der Waals surface area (Å²) in [6.45, 7) is 0.400. The highest BCUT2D eigenvalue weighted by atomic mass is 16.2. The van der Waals surface area contributed by atoms with Gasteiger partial charge in [0, 0.05) is 12.5 Å². The lowest BCUT2D eigenvalue weighted by Crippen LogP contribution is -2.24. The molecule has 25 heavy (non-hydrogen) atoms. The van der Waals surface area contributed by atoms with Gasteiger partial charge in [-0.05, 0) is 30.5 Å². The Kier molecular flexibility index (Phi) is 4.13. The average molecular weight is 339 g/mol. The van der Waals surface area contributed by atoms with E-state index >= 15 is 0 Å². The van der Waals surface area contributed by atoms with Crippen molar-refractivity contribution in [2.75, 3.05) is 0 Å². The fourth-order valence-electron chi connectivity index (χ4n) is 3.65. The maximum Gasteiger partial charge on any atom is 0.323 e. The van der Waals surface area contributed by atoms with Gasteiger partial charge >= 0.3 is 5.69 Å². The highest BCUT2D eigenvalue weighted by Crippen LogP contribution is 2.33. The minimum absolute atomic E-state index is 0.114. The molecule has 0 spiro atoms. The van der Waals surface area contributed by atoms with Gasteiger partial charge in [0.25, 0.3) is 5.91 Å². The third-order valence-electron chi connectivity index (χ3n) is 4.96. The van der Waals surface area contributed by atoms with Crippen molar-refractivity contribution < 1.29 is 4.79 Å². The van der Waals surface area contributed by atoms with Crippen molar-refractivity contribution in [1.82, 2.24) is 25.5 Å². The van der Waals surface area contributed by atoms with Gasteiger partial charge in [-0.2, -0.15) is 5.10 Å². The zero-order chi connectivity index (χ0) is 17.2. The van der Waals surface area contributed by atoms with E-state index in [9.17, 15) is 9.59 Å². The fraction of sp³-hybridized carbons (Fsp3) is 0.389. The molecule has 0 aliphatic heterocycles. The van der Waals surface area contributed by atoms with Crippen molar-refractivity contribution in [3.05, 3.63) is 51.7 Å². The maximum atomic E-state index is 12.6. The second kappa shape index (κ2) is 6.58. The number of amides is 1. The van der Waals surface area contributed by atoms with Gasteiger partial charge in [-0.1, -0.05) is 25.3 Å². The molecule has 1 aliphatic rings. The molecule has 7 heteroatoms. The van der Waals surface area contributed by atoms with Crippen LogP contribution in [0, 0.1) is 0 Å². The number of benzene rings is 1. The SMILES string of the molecule is O=C(NCc1ccc2[nH]c(=O)[nH]c2c1)c1cn[nH]c1C1CCCCC1. The number of H-pyrrole nitrogens is 3. The van der Waals surface area contributed by atoms with Gasteiger partial charge in [0.15, 0.2) is 0 Å². The number of carbonyl (C=O) groups excluding carboxylic acids is 1. The number of hydrogen-bond donors (Lipinski definition) is 4. The molecule has 130 valence electrons. The van der Waals surface area contributed by atoms with E-state index in [1.807, 2.05) is 18.2 Å². The fourth-order valence-corrected chi connectivity index (χ4v) is 3.65. The van der Waals surface area contributed by atoms with E-state index in [0.717, 1.165) is 35.1 Å². The first-order valence-corrected chi connectivity index (χ1v) is 8.73. The minimum Gasteiger partial charge on any atom is -0.348 e. The Morgan fingerprint density at radius 3 is 2.80 bits per heavy atom. The number of rotatable bonds is 4. The number of hydrogen-bond acceptors (Lipinski definition) is 3. The number of carbonyl (C=O) groups is 1. The van der Waals surface area contributed by atoms with E-state index in [1.54, 1.807) is 6.20 Å². The number of fused-ring (bicyclic) bond motifs is 1. The van der Waals surface area contributed by atoms with Gasteiger partial charge in [-0.15, -0.1) is 0 Å². The Morgan fingerprint density at radius 1 is 1.16 bits per heavy atom. The predicted molar refractivity (Wildman–Crippen MR) is 94.5 cm³/mol. The summed E-state index contributed by atoms with van der Waals surface area (Å²) in [5.74, 6) is 0.287. The molecule has 1 fully saturated rings. The maximum absolute atomic E-state index is 12.6. The summed E-state index contributed by atoms with van der Waals surface area (Å²) in [5, 5.41) is 10.1. The number of nitrogens with one attached hydrogen (secondary N) is 4.